The Bertz CT molecular complexity index is 998. The fourth-order valence-corrected chi connectivity index (χ4v) is 3.39. The predicted molar refractivity (Wildman–Crippen MR) is 118 cm³/mol. The van der Waals surface area contributed by atoms with Crippen LogP contribution < -0.4 is 10.2 Å². The summed E-state index contributed by atoms with van der Waals surface area (Å²) in [5.74, 6) is 0.110. The maximum absolute atomic E-state index is 13.2. The van der Waals surface area contributed by atoms with Gasteiger partial charge < -0.3 is 9.80 Å². The number of rotatable bonds is 3. The molecule has 6 heteroatoms. The summed E-state index contributed by atoms with van der Waals surface area (Å²) in [6, 6.07) is 25.2. The average molecular weight is 402 g/mol. The van der Waals surface area contributed by atoms with E-state index in [9.17, 15) is 9.18 Å². The molecule has 0 unspecified atom stereocenters. The second-order valence-corrected chi connectivity index (χ2v) is 7.04. The number of benzene rings is 3. The van der Waals surface area contributed by atoms with Crippen molar-refractivity contribution in [2.24, 2.45) is 4.99 Å². The second kappa shape index (κ2) is 9.22. The zero-order valence-corrected chi connectivity index (χ0v) is 16.5. The number of guanidine groups is 1. The van der Waals surface area contributed by atoms with Gasteiger partial charge in [0, 0.05) is 37.4 Å². The number of carbonyl (C=O) groups is 1. The van der Waals surface area contributed by atoms with Crippen molar-refractivity contribution in [1.82, 2.24) is 10.2 Å². The van der Waals surface area contributed by atoms with E-state index in [1.54, 1.807) is 24.3 Å². The number of nitrogens with one attached hydrogen (secondary N) is 1. The summed E-state index contributed by atoms with van der Waals surface area (Å²) < 4.78 is 13.2. The summed E-state index contributed by atoms with van der Waals surface area (Å²) in [6.07, 6.45) is 0. The summed E-state index contributed by atoms with van der Waals surface area (Å²) in [6.45, 7) is 2.89. The van der Waals surface area contributed by atoms with Crippen molar-refractivity contribution in [1.29, 1.82) is 0 Å². The van der Waals surface area contributed by atoms with Crippen molar-refractivity contribution in [3.8, 4) is 0 Å². The Hall–Kier alpha value is -3.67. The molecule has 5 nitrogen and oxygen atoms in total. The van der Waals surface area contributed by atoms with Crippen LogP contribution in [0.5, 0.6) is 0 Å². The largest absolute Gasteiger partial charge is 0.368 e. The van der Waals surface area contributed by atoms with Crippen LogP contribution in [-0.2, 0) is 0 Å². The lowest BCUT2D eigenvalue weighted by molar-refractivity contribution is 0.0972. The van der Waals surface area contributed by atoms with E-state index in [1.165, 1.54) is 12.1 Å². The first kappa shape index (κ1) is 19.6. The smallest absolute Gasteiger partial charge is 0.257 e. The van der Waals surface area contributed by atoms with Gasteiger partial charge in [0.1, 0.15) is 5.82 Å². The summed E-state index contributed by atoms with van der Waals surface area (Å²) in [4.78, 5) is 21.7. The van der Waals surface area contributed by atoms with E-state index in [4.69, 9.17) is 4.99 Å². The minimum atomic E-state index is -0.238. The highest BCUT2D eigenvalue weighted by Gasteiger charge is 2.22. The molecular formula is C24H23FN4O. The Balaban J connectivity index is 1.51. The Morgan fingerprint density at radius 3 is 2.03 bits per heavy atom. The van der Waals surface area contributed by atoms with Crippen molar-refractivity contribution in [2.75, 3.05) is 31.1 Å². The number of hydrogen-bond acceptors (Lipinski definition) is 3. The summed E-state index contributed by atoms with van der Waals surface area (Å²) in [5, 5.41) is 2.98. The van der Waals surface area contributed by atoms with Gasteiger partial charge in [0.25, 0.3) is 5.91 Å². The van der Waals surface area contributed by atoms with E-state index < -0.39 is 0 Å². The van der Waals surface area contributed by atoms with E-state index in [2.05, 4.69) is 15.1 Å². The Morgan fingerprint density at radius 2 is 1.40 bits per heavy atom. The van der Waals surface area contributed by atoms with Crippen LogP contribution >= 0.6 is 0 Å². The molecule has 1 aliphatic rings. The van der Waals surface area contributed by atoms with Gasteiger partial charge in [0.2, 0.25) is 5.96 Å². The summed E-state index contributed by atoms with van der Waals surface area (Å²) in [7, 11) is 0. The number of amides is 1. The summed E-state index contributed by atoms with van der Waals surface area (Å²) >= 11 is 0. The maximum Gasteiger partial charge on any atom is 0.257 e. The molecule has 0 bridgehead atoms. The minimum Gasteiger partial charge on any atom is -0.368 e. The lowest BCUT2D eigenvalue weighted by Crippen LogP contribution is -2.53. The molecule has 1 heterocycles. The fraction of sp³-hybridized carbons (Fsp3) is 0.167. The maximum atomic E-state index is 13.2. The van der Waals surface area contributed by atoms with E-state index in [0.29, 0.717) is 24.6 Å². The van der Waals surface area contributed by atoms with Crippen LogP contribution in [0.3, 0.4) is 0 Å². The number of aliphatic imine (C=N–C) groups is 1. The van der Waals surface area contributed by atoms with Gasteiger partial charge in [-0.05, 0) is 48.5 Å². The van der Waals surface area contributed by atoms with Crippen molar-refractivity contribution >= 4 is 23.2 Å². The molecule has 0 spiro atoms. The lowest BCUT2D eigenvalue weighted by atomic mass is 10.2. The molecule has 3 aromatic rings. The van der Waals surface area contributed by atoms with Gasteiger partial charge in [-0.1, -0.05) is 36.4 Å². The molecule has 1 N–H and O–H groups in total. The fourth-order valence-electron chi connectivity index (χ4n) is 3.39. The molecule has 0 aliphatic carbocycles. The molecule has 1 fully saturated rings. The molecule has 1 amide bonds. The average Bonchev–Trinajstić information content (AvgIpc) is 2.80. The van der Waals surface area contributed by atoms with Crippen LogP contribution in [-0.4, -0.2) is 42.9 Å². The molecule has 0 atom stereocenters. The molecule has 1 aliphatic heterocycles. The van der Waals surface area contributed by atoms with Crippen LogP contribution in [0.25, 0.3) is 0 Å². The number of carbonyl (C=O) groups excluding carboxylic acids is 1. The normalized spacial score (nSPS) is 14.5. The van der Waals surface area contributed by atoms with Crippen LogP contribution in [0, 0.1) is 5.82 Å². The van der Waals surface area contributed by atoms with Gasteiger partial charge in [-0.2, -0.15) is 0 Å². The molecule has 4 rings (SSSR count). The molecule has 3 aromatic carbocycles. The van der Waals surface area contributed by atoms with Crippen LogP contribution in [0.15, 0.2) is 89.9 Å². The quantitative estimate of drug-likeness (QED) is 0.531. The van der Waals surface area contributed by atoms with Gasteiger partial charge in [0.15, 0.2) is 0 Å². The Morgan fingerprint density at radius 1 is 0.800 bits per heavy atom. The van der Waals surface area contributed by atoms with Gasteiger partial charge in [-0.3, -0.25) is 10.1 Å². The minimum absolute atomic E-state index is 0.189. The van der Waals surface area contributed by atoms with Gasteiger partial charge in [-0.15, -0.1) is 0 Å². The van der Waals surface area contributed by atoms with E-state index in [1.807, 2.05) is 48.5 Å². The molecular weight excluding hydrogens is 379 g/mol. The molecule has 0 saturated carbocycles. The highest BCUT2D eigenvalue weighted by molar-refractivity contribution is 6.06. The number of para-hydroxylation sites is 1. The van der Waals surface area contributed by atoms with Crippen molar-refractivity contribution in [3.05, 3.63) is 96.3 Å². The number of anilines is 1. The zero-order chi connectivity index (χ0) is 20.8. The monoisotopic (exact) mass is 402 g/mol. The Labute approximate surface area is 175 Å². The molecule has 1 saturated heterocycles. The van der Waals surface area contributed by atoms with E-state index >= 15 is 0 Å². The third kappa shape index (κ3) is 4.84. The molecule has 152 valence electrons. The third-order valence-electron chi connectivity index (χ3n) is 5.02. The number of nitrogens with zero attached hydrogens (tertiary/aromatic N) is 3. The Kier molecular flexibility index (Phi) is 6.03. The van der Waals surface area contributed by atoms with E-state index in [-0.39, 0.29) is 11.7 Å². The van der Waals surface area contributed by atoms with Crippen LogP contribution in [0.1, 0.15) is 10.4 Å². The number of halogens is 1. The first-order chi connectivity index (χ1) is 14.7. The van der Waals surface area contributed by atoms with Gasteiger partial charge in [-0.25, -0.2) is 9.38 Å². The van der Waals surface area contributed by atoms with E-state index in [0.717, 1.165) is 24.5 Å². The number of piperazine rings is 1. The van der Waals surface area contributed by atoms with Crippen molar-refractivity contribution in [3.63, 3.8) is 0 Å². The number of hydrogen-bond donors (Lipinski definition) is 1. The highest BCUT2D eigenvalue weighted by atomic mass is 19.1. The molecule has 0 aromatic heterocycles. The summed E-state index contributed by atoms with van der Waals surface area (Å²) in [5.41, 5.74) is 2.36. The van der Waals surface area contributed by atoms with Crippen molar-refractivity contribution in [2.45, 2.75) is 0 Å². The zero-order valence-electron chi connectivity index (χ0n) is 16.5. The molecule has 30 heavy (non-hydrogen) atoms. The van der Waals surface area contributed by atoms with Gasteiger partial charge >= 0.3 is 0 Å². The van der Waals surface area contributed by atoms with Gasteiger partial charge in [0.05, 0.1) is 5.69 Å². The van der Waals surface area contributed by atoms with Crippen LogP contribution in [0.4, 0.5) is 15.8 Å². The highest BCUT2D eigenvalue weighted by Crippen LogP contribution is 2.18. The van der Waals surface area contributed by atoms with Crippen molar-refractivity contribution < 1.29 is 9.18 Å². The third-order valence-corrected chi connectivity index (χ3v) is 5.02. The SMILES string of the molecule is O=C(NC(=Nc1ccccc1)N1CCN(c2ccc(F)cc2)CC1)c1ccccc1. The lowest BCUT2D eigenvalue weighted by Gasteiger charge is -2.37. The standard InChI is InChI=1S/C24H23FN4O/c25-20-11-13-22(14-12-20)28-15-17-29(18-16-28)24(26-21-9-5-2-6-10-21)27-23(30)19-7-3-1-4-8-19/h1-14H,15-18H2,(H,26,27,30). The topological polar surface area (TPSA) is 47.9 Å². The second-order valence-electron chi connectivity index (χ2n) is 7.04. The first-order valence-electron chi connectivity index (χ1n) is 9.95. The predicted octanol–water partition coefficient (Wildman–Crippen LogP) is 4.07. The first-order valence-corrected chi connectivity index (χ1v) is 9.95. The van der Waals surface area contributed by atoms with Crippen LogP contribution in [0.2, 0.25) is 0 Å². The molecule has 0 radical (unpaired) electrons.